The van der Waals surface area contributed by atoms with E-state index < -0.39 is 0 Å². The van der Waals surface area contributed by atoms with Crippen LogP contribution in [0.3, 0.4) is 0 Å². The van der Waals surface area contributed by atoms with Gasteiger partial charge in [-0.15, -0.1) is 11.8 Å². The molecule has 1 unspecified atom stereocenters. The minimum absolute atomic E-state index is 0.130. The number of thioether (sulfide) groups is 1. The smallest absolute Gasteiger partial charge is 0.0757 e. The molecule has 0 aliphatic carbocycles. The van der Waals surface area contributed by atoms with E-state index in [0.717, 1.165) is 10.2 Å². The fraction of sp³-hybridized carbons (Fsp3) is 0.438. The highest BCUT2D eigenvalue weighted by Crippen LogP contribution is 2.31. The normalized spacial score (nSPS) is 12.9. The van der Waals surface area contributed by atoms with E-state index in [-0.39, 0.29) is 6.04 Å². The van der Waals surface area contributed by atoms with Crippen molar-refractivity contribution >= 4 is 27.7 Å². The van der Waals surface area contributed by atoms with Crippen molar-refractivity contribution in [3.8, 4) is 0 Å². The Bertz CT molecular complexity index is 578. The molecule has 21 heavy (non-hydrogen) atoms. The summed E-state index contributed by atoms with van der Waals surface area (Å²) < 4.78 is 3.11. The first-order chi connectivity index (χ1) is 10.1. The Morgan fingerprint density at radius 1 is 1.29 bits per heavy atom. The number of halogens is 1. The number of nitrogens with one attached hydrogen (secondary N) is 1. The van der Waals surface area contributed by atoms with Gasteiger partial charge in [0.15, 0.2) is 0 Å². The predicted molar refractivity (Wildman–Crippen MR) is 94.1 cm³/mol. The second-order valence-corrected chi connectivity index (χ2v) is 7.33. The van der Waals surface area contributed by atoms with Gasteiger partial charge < -0.3 is 5.32 Å². The number of nitrogens with zero attached hydrogens (tertiary/aromatic N) is 2. The van der Waals surface area contributed by atoms with E-state index in [4.69, 9.17) is 0 Å². The van der Waals surface area contributed by atoms with E-state index in [1.54, 1.807) is 0 Å². The van der Waals surface area contributed by atoms with Gasteiger partial charge >= 0.3 is 0 Å². The molecule has 1 aromatic carbocycles. The molecule has 3 nitrogen and oxygen atoms in total. The lowest BCUT2D eigenvalue weighted by Gasteiger charge is -2.21. The zero-order valence-corrected chi connectivity index (χ0v) is 15.3. The molecule has 0 spiro atoms. The Hall–Kier alpha value is -0.780. The van der Waals surface area contributed by atoms with Crippen LogP contribution in [0.2, 0.25) is 0 Å². The van der Waals surface area contributed by atoms with Crippen molar-refractivity contribution < 1.29 is 0 Å². The molecule has 0 saturated carbocycles. The summed E-state index contributed by atoms with van der Waals surface area (Å²) in [5, 5.41) is 7.89. The summed E-state index contributed by atoms with van der Waals surface area (Å²) in [6.45, 7) is 6.47. The van der Waals surface area contributed by atoms with Gasteiger partial charge in [0, 0.05) is 10.9 Å². The summed E-state index contributed by atoms with van der Waals surface area (Å²) in [4.78, 5) is 1.31. The van der Waals surface area contributed by atoms with Crippen LogP contribution in [0.25, 0.3) is 0 Å². The van der Waals surface area contributed by atoms with Gasteiger partial charge in [0.25, 0.3) is 0 Å². The maximum Gasteiger partial charge on any atom is 0.0757 e. The van der Waals surface area contributed by atoms with Gasteiger partial charge in [-0.3, -0.25) is 4.68 Å². The molecule has 114 valence electrons. The van der Waals surface area contributed by atoms with E-state index in [0.29, 0.717) is 6.04 Å². The fourth-order valence-corrected chi connectivity index (χ4v) is 3.58. The van der Waals surface area contributed by atoms with Crippen LogP contribution < -0.4 is 5.32 Å². The molecule has 1 aromatic heterocycles. The summed E-state index contributed by atoms with van der Waals surface area (Å²) in [6.07, 6.45) is 1.88. The first-order valence-corrected chi connectivity index (χ1v) is 8.99. The van der Waals surface area contributed by atoms with Crippen molar-refractivity contribution in [2.75, 3.05) is 12.8 Å². The van der Waals surface area contributed by atoms with E-state index in [9.17, 15) is 0 Å². The third kappa shape index (κ3) is 3.71. The van der Waals surface area contributed by atoms with Crippen molar-refractivity contribution in [2.45, 2.75) is 37.8 Å². The van der Waals surface area contributed by atoms with Crippen molar-refractivity contribution in [3.05, 3.63) is 46.2 Å². The van der Waals surface area contributed by atoms with Crippen molar-refractivity contribution in [1.82, 2.24) is 15.1 Å². The molecule has 0 saturated heterocycles. The topological polar surface area (TPSA) is 29.9 Å². The number of rotatable bonds is 6. The van der Waals surface area contributed by atoms with Crippen LogP contribution in [0.15, 0.2) is 39.8 Å². The summed E-state index contributed by atoms with van der Waals surface area (Å²) in [5.41, 5.74) is 2.42. The maximum atomic E-state index is 4.48. The Balaban J connectivity index is 2.37. The second-order valence-electron chi connectivity index (χ2n) is 5.14. The molecular formula is C16H22BrN3S. The molecule has 0 bridgehead atoms. The van der Waals surface area contributed by atoms with Crippen LogP contribution in [0.4, 0.5) is 0 Å². The van der Waals surface area contributed by atoms with E-state index in [1.807, 2.05) is 25.0 Å². The first-order valence-electron chi connectivity index (χ1n) is 7.21. The highest BCUT2D eigenvalue weighted by molar-refractivity contribution is 9.10. The third-order valence-electron chi connectivity index (χ3n) is 3.36. The van der Waals surface area contributed by atoms with Crippen LogP contribution in [0.1, 0.15) is 44.1 Å². The highest BCUT2D eigenvalue weighted by atomic mass is 79.9. The number of aromatic nitrogens is 2. The average Bonchev–Trinajstić information content (AvgIpc) is 2.84. The Morgan fingerprint density at radius 3 is 2.48 bits per heavy atom. The lowest BCUT2D eigenvalue weighted by molar-refractivity contribution is 0.483. The average molecular weight is 368 g/mol. The third-order valence-corrected chi connectivity index (χ3v) is 4.87. The summed E-state index contributed by atoms with van der Waals surface area (Å²) in [5.74, 6) is 1.10. The zero-order valence-electron chi connectivity index (χ0n) is 12.9. The Labute approximate surface area is 139 Å². The first kappa shape index (κ1) is 16.6. The standard InChI is InChI=1S/C16H22BrN3S/c1-5-21-13-8-6-12(7-9-13)15(18-4)16-14(17)10-19-20(16)11(2)3/h6-11,15,18H,5H2,1-4H3. The predicted octanol–water partition coefficient (Wildman–Crippen LogP) is 4.65. The van der Waals surface area contributed by atoms with Gasteiger partial charge in [-0.25, -0.2) is 0 Å². The number of benzene rings is 1. The number of hydrogen-bond donors (Lipinski definition) is 1. The van der Waals surface area contributed by atoms with Gasteiger partial charge in [-0.1, -0.05) is 19.1 Å². The zero-order chi connectivity index (χ0) is 15.4. The van der Waals surface area contributed by atoms with Crippen molar-refractivity contribution in [3.63, 3.8) is 0 Å². The molecule has 0 aliphatic rings. The largest absolute Gasteiger partial charge is 0.308 e. The van der Waals surface area contributed by atoms with Crippen LogP contribution in [-0.2, 0) is 0 Å². The highest BCUT2D eigenvalue weighted by Gasteiger charge is 2.21. The summed E-state index contributed by atoms with van der Waals surface area (Å²) in [6, 6.07) is 9.24. The van der Waals surface area contributed by atoms with Gasteiger partial charge in [-0.2, -0.15) is 5.10 Å². The van der Waals surface area contributed by atoms with Crippen molar-refractivity contribution in [2.24, 2.45) is 0 Å². The van der Waals surface area contributed by atoms with Crippen molar-refractivity contribution in [1.29, 1.82) is 0 Å². The molecule has 2 aromatic rings. The quantitative estimate of drug-likeness (QED) is 0.753. The lowest BCUT2D eigenvalue weighted by atomic mass is 10.0. The molecular weight excluding hydrogens is 346 g/mol. The molecule has 1 atom stereocenters. The van der Waals surface area contributed by atoms with Crippen LogP contribution >= 0.6 is 27.7 Å². The van der Waals surface area contributed by atoms with Crippen LogP contribution in [0.5, 0.6) is 0 Å². The van der Waals surface area contributed by atoms with Crippen LogP contribution in [0, 0.1) is 0 Å². The molecule has 2 rings (SSSR count). The molecule has 0 fully saturated rings. The molecule has 1 heterocycles. The number of hydrogen-bond acceptors (Lipinski definition) is 3. The van der Waals surface area contributed by atoms with E-state index >= 15 is 0 Å². The van der Waals surface area contributed by atoms with Gasteiger partial charge in [0.05, 0.1) is 22.4 Å². The van der Waals surface area contributed by atoms with Gasteiger partial charge in [0.1, 0.15) is 0 Å². The summed E-state index contributed by atoms with van der Waals surface area (Å²) in [7, 11) is 1.99. The molecule has 0 aliphatic heterocycles. The maximum absolute atomic E-state index is 4.48. The van der Waals surface area contributed by atoms with E-state index in [1.165, 1.54) is 16.2 Å². The minimum atomic E-state index is 0.130. The molecule has 0 amide bonds. The second kappa shape index (κ2) is 7.47. The lowest BCUT2D eigenvalue weighted by Crippen LogP contribution is -2.22. The van der Waals surface area contributed by atoms with Gasteiger partial charge in [0.2, 0.25) is 0 Å². The summed E-state index contributed by atoms with van der Waals surface area (Å²) >= 11 is 5.50. The SMILES string of the molecule is CCSc1ccc(C(NC)c2c(Br)cnn2C(C)C)cc1. The molecule has 1 N–H and O–H groups in total. The molecule has 5 heteroatoms. The van der Waals surface area contributed by atoms with Gasteiger partial charge in [-0.05, 0) is 60.3 Å². The molecule has 0 radical (unpaired) electrons. The fourth-order valence-electron chi connectivity index (χ4n) is 2.42. The Kier molecular flexibility index (Phi) is 5.90. The Morgan fingerprint density at radius 2 is 1.95 bits per heavy atom. The van der Waals surface area contributed by atoms with E-state index in [2.05, 4.69) is 76.1 Å². The minimum Gasteiger partial charge on any atom is -0.308 e. The van der Waals surface area contributed by atoms with Crippen LogP contribution in [-0.4, -0.2) is 22.6 Å². The monoisotopic (exact) mass is 367 g/mol.